The molecule has 1 atom stereocenters. The van der Waals surface area contributed by atoms with Gasteiger partial charge in [-0.05, 0) is 36.5 Å². The Morgan fingerprint density at radius 3 is 2.62 bits per heavy atom. The summed E-state index contributed by atoms with van der Waals surface area (Å²) in [6.45, 7) is 0. The van der Waals surface area contributed by atoms with E-state index in [9.17, 15) is 13.2 Å². The zero-order valence-corrected chi connectivity index (χ0v) is 9.24. The predicted octanol–water partition coefficient (Wildman–Crippen LogP) is 2.75. The molecule has 0 saturated heterocycles. The van der Waals surface area contributed by atoms with E-state index in [1.165, 1.54) is 6.20 Å². The van der Waals surface area contributed by atoms with Crippen molar-refractivity contribution < 1.29 is 13.2 Å². The van der Waals surface area contributed by atoms with Crippen molar-refractivity contribution in [3.8, 4) is 0 Å². The molecule has 0 radical (unpaired) electrons. The number of aryl methyl sites for hydroxylation is 1. The highest BCUT2D eigenvalue weighted by atomic mass is 35.5. The van der Waals surface area contributed by atoms with Crippen molar-refractivity contribution in [1.29, 1.82) is 0 Å². The number of alkyl halides is 3. The molecule has 1 aliphatic carbocycles. The molecule has 1 aromatic heterocycles. The third-order valence-electron chi connectivity index (χ3n) is 2.80. The van der Waals surface area contributed by atoms with Gasteiger partial charge in [0.25, 0.3) is 0 Å². The van der Waals surface area contributed by atoms with Crippen molar-refractivity contribution in [3.63, 3.8) is 0 Å². The molecule has 0 bridgehead atoms. The topological polar surface area (TPSA) is 38.9 Å². The van der Waals surface area contributed by atoms with E-state index >= 15 is 0 Å². The Hall–Kier alpha value is -0.970. The maximum absolute atomic E-state index is 12.5. The van der Waals surface area contributed by atoms with E-state index < -0.39 is 12.1 Å². The predicted molar refractivity (Wildman–Crippen MR) is 57.5 cm³/mol. The molecule has 1 heterocycles. The zero-order chi connectivity index (χ0) is 11.1. The third kappa shape index (κ3) is 2.58. The Morgan fingerprint density at radius 1 is 1.31 bits per heavy atom. The number of rotatable bonds is 0. The summed E-state index contributed by atoms with van der Waals surface area (Å²) in [6, 6.07) is 1.67. The molecule has 90 valence electrons. The van der Waals surface area contributed by atoms with Crippen LogP contribution in [-0.2, 0) is 12.8 Å². The van der Waals surface area contributed by atoms with Crippen molar-refractivity contribution in [2.75, 3.05) is 5.73 Å². The largest absolute Gasteiger partial charge is 0.392 e. The van der Waals surface area contributed by atoms with Crippen molar-refractivity contribution in [1.82, 2.24) is 4.98 Å². The molecule has 0 aliphatic heterocycles. The Kier molecular flexibility index (Phi) is 3.68. The Bertz CT molecular complexity index is 379. The summed E-state index contributed by atoms with van der Waals surface area (Å²) < 4.78 is 37.4. The van der Waals surface area contributed by atoms with E-state index in [4.69, 9.17) is 5.73 Å². The molecule has 0 fully saturated rings. The molecule has 1 unspecified atom stereocenters. The highest BCUT2D eigenvalue weighted by Crippen LogP contribution is 2.36. The Morgan fingerprint density at radius 2 is 2.00 bits per heavy atom. The molecule has 0 amide bonds. The minimum absolute atomic E-state index is 0. The molecular formula is C10H12ClF3N2. The van der Waals surface area contributed by atoms with Gasteiger partial charge in [0.1, 0.15) is 5.82 Å². The van der Waals surface area contributed by atoms with Gasteiger partial charge in [0.05, 0.1) is 5.92 Å². The first-order chi connectivity index (χ1) is 6.97. The monoisotopic (exact) mass is 252 g/mol. The van der Waals surface area contributed by atoms with E-state index in [2.05, 4.69) is 4.98 Å². The van der Waals surface area contributed by atoms with Crippen LogP contribution in [0.4, 0.5) is 19.0 Å². The lowest BCUT2D eigenvalue weighted by atomic mass is 9.84. The number of nitrogen functional groups attached to an aromatic ring is 1. The first-order valence-electron chi connectivity index (χ1n) is 4.77. The quantitative estimate of drug-likeness (QED) is 0.771. The fraction of sp³-hybridized carbons (Fsp3) is 0.500. The number of anilines is 1. The van der Waals surface area contributed by atoms with E-state index in [0.717, 1.165) is 5.56 Å². The number of hydrogen-bond donors (Lipinski definition) is 1. The molecule has 0 aromatic carbocycles. The maximum atomic E-state index is 12.5. The average molecular weight is 253 g/mol. The second-order valence-corrected chi connectivity index (χ2v) is 3.86. The molecule has 2 rings (SSSR count). The molecule has 16 heavy (non-hydrogen) atoms. The van der Waals surface area contributed by atoms with Crippen LogP contribution in [-0.4, -0.2) is 11.2 Å². The van der Waals surface area contributed by atoms with Gasteiger partial charge >= 0.3 is 6.18 Å². The van der Waals surface area contributed by atoms with Crippen LogP contribution < -0.4 is 5.73 Å². The molecule has 2 N–H and O–H groups in total. The van der Waals surface area contributed by atoms with Crippen LogP contribution in [0, 0.1) is 5.92 Å². The molecule has 2 nitrogen and oxygen atoms in total. The van der Waals surface area contributed by atoms with Gasteiger partial charge in [-0.25, -0.2) is 4.98 Å². The minimum Gasteiger partial charge on any atom is -0.384 e. The first-order valence-corrected chi connectivity index (χ1v) is 4.77. The minimum atomic E-state index is -4.10. The molecule has 1 aliphatic rings. The summed E-state index contributed by atoms with van der Waals surface area (Å²) in [4.78, 5) is 3.82. The lowest BCUT2D eigenvalue weighted by Gasteiger charge is -2.26. The number of pyridine rings is 1. The van der Waals surface area contributed by atoms with Crippen molar-refractivity contribution >= 4 is 18.2 Å². The normalized spacial score (nSPS) is 19.8. The Balaban J connectivity index is 0.00000128. The van der Waals surface area contributed by atoms with Gasteiger partial charge in [-0.15, -0.1) is 12.4 Å². The summed E-state index contributed by atoms with van der Waals surface area (Å²) in [5.74, 6) is -0.852. The number of hydrogen-bond acceptors (Lipinski definition) is 2. The van der Waals surface area contributed by atoms with Crippen LogP contribution in [0.25, 0.3) is 0 Å². The van der Waals surface area contributed by atoms with Crippen molar-refractivity contribution in [3.05, 3.63) is 23.4 Å². The molecule has 0 saturated carbocycles. The van der Waals surface area contributed by atoms with E-state index in [1.54, 1.807) is 6.07 Å². The van der Waals surface area contributed by atoms with Crippen molar-refractivity contribution in [2.45, 2.75) is 25.4 Å². The highest BCUT2D eigenvalue weighted by molar-refractivity contribution is 5.85. The number of aromatic nitrogens is 1. The summed E-state index contributed by atoms with van der Waals surface area (Å²) >= 11 is 0. The van der Waals surface area contributed by atoms with Gasteiger partial charge < -0.3 is 5.73 Å². The standard InChI is InChI=1S/C10H11F3N2.ClH/c11-10(12,13)8-2-1-6-4-9(14)15-5-7(6)3-8;/h4-5,8H,1-3H2,(H2,14,15);1H. The number of nitrogens with zero attached hydrogens (tertiary/aromatic N) is 1. The second-order valence-electron chi connectivity index (χ2n) is 3.86. The molecular weight excluding hydrogens is 241 g/mol. The van der Waals surface area contributed by atoms with Gasteiger partial charge in [-0.3, -0.25) is 0 Å². The van der Waals surface area contributed by atoms with Gasteiger partial charge in [0.2, 0.25) is 0 Å². The Labute approximate surface area is 97.5 Å². The lowest BCUT2D eigenvalue weighted by molar-refractivity contribution is -0.177. The van der Waals surface area contributed by atoms with Crippen LogP contribution in [0.3, 0.4) is 0 Å². The lowest BCUT2D eigenvalue weighted by Crippen LogP contribution is -2.29. The second kappa shape index (κ2) is 4.49. The van der Waals surface area contributed by atoms with E-state index in [1.807, 2.05) is 0 Å². The summed E-state index contributed by atoms with van der Waals surface area (Å²) in [5.41, 5.74) is 7.05. The SMILES string of the molecule is Cl.Nc1cc2c(cn1)CC(C(F)(F)F)CC2. The van der Waals surface area contributed by atoms with Crippen LogP contribution in [0.15, 0.2) is 12.3 Å². The van der Waals surface area contributed by atoms with Crippen LogP contribution in [0.5, 0.6) is 0 Å². The third-order valence-corrected chi connectivity index (χ3v) is 2.80. The fourth-order valence-corrected chi connectivity index (χ4v) is 1.94. The van der Waals surface area contributed by atoms with E-state index in [-0.39, 0.29) is 25.2 Å². The number of fused-ring (bicyclic) bond motifs is 1. The van der Waals surface area contributed by atoms with Crippen LogP contribution in [0.2, 0.25) is 0 Å². The molecule has 6 heteroatoms. The van der Waals surface area contributed by atoms with Gasteiger partial charge in [-0.2, -0.15) is 13.2 Å². The van der Waals surface area contributed by atoms with Crippen molar-refractivity contribution in [2.24, 2.45) is 5.92 Å². The van der Waals surface area contributed by atoms with Gasteiger partial charge in [0.15, 0.2) is 0 Å². The summed E-state index contributed by atoms with van der Waals surface area (Å²) in [6.07, 6.45) is -2.01. The maximum Gasteiger partial charge on any atom is 0.392 e. The average Bonchev–Trinajstić information content (AvgIpc) is 2.15. The fourth-order valence-electron chi connectivity index (χ4n) is 1.94. The number of halogens is 4. The van der Waals surface area contributed by atoms with E-state index in [0.29, 0.717) is 17.8 Å². The zero-order valence-electron chi connectivity index (χ0n) is 8.42. The van der Waals surface area contributed by atoms with Gasteiger partial charge in [0, 0.05) is 6.20 Å². The molecule has 0 spiro atoms. The first kappa shape index (κ1) is 13.1. The van der Waals surface area contributed by atoms with Crippen LogP contribution >= 0.6 is 12.4 Å². The highest BCUT2D eigenvalue weighted by Gasteiger charge is 2.41. The van der Waals surface area contributed by atoms with Crippen LogP contribution in [0.1, 0.15) is 17.5 Å². The smallest absolute Gasteiger partial charge is 0.384 e. The number of nitrogens with two attached hydrogens (primary N) is 1. The summed E-state index contributed by atoms with van der Waals surface area (Å²) in [5, 5.41) is 0. The van der Waals surface area contributed by atoms with Gasteiger partial charge in [-0.1, -0.05) is 0 Å². The summed E-state index contributed by atoms with van der Waals surface area (Å²) in [7, 11) is 0. The molecule has 1 aromatic rings.